The molecule has 0 aliphatic carbocycles. The van der Waals surface area contributed by atoms with E-state index in [0.29, 0.717) is 18.8 Å². The molecular formula is C22H33NO2. The highest BCUT2D eigenvalue weighted by Crippen LogP contribution is 2.16. The zero-order valence-corrected chi connectivity index (χ0v) is 15.9. The Kier molecular flexibility index (Phi) is 12.4. The van der Waals surface area contributed by atoms with Crippen LogP contribution in [-0.2, 0) is 4.74 Å². The van der Waals surface area contributed by atoms with Crippen LogP contribution in [0.15, 0.2) is 29.8 Å². The van der Waals surface area contributed by atoms with Gasteiger partial charge in [-0.25, -0.2) is 0 Å². The summed E-state index contributed by atoms with van der Waals surface area (Å²) in [6, 6.07) is 10.1. The summed E-state index contributed by atoms with van der Waals surface area (Å²) in [6.07, 6.45) is 12.3. The maximum absolute atomic E-state index is 9.09. The van der Waals surface area contributed by atoms with E-state index in [9.17, 15) is 0 Å². The van der Waals surface area contributed by atoms with Gasteiger partial charge in [-0.15, -0.1) is 0 Å². The number of ether oxygens (including phenoxy) is 2. The summed E-state index contributed by atoms with van der Waals surface area (Å²) in [6.45, 7) is 5.93. The van der Waals surface area contributed by atoms with Crippen LogP contribution in [-0.4, -0.2) is 19.8 Å². The van der Waals surface area contributed by atoms with Crippen LogP contribution in [0.25, 0.3) is 6.08 Å². The van der Waals surface area contributed by atoms with Crippen LogP contribution in [0.4, 0.5) is 0 Å². The van der Waals surface area contributed by atoms with Gasteiger partial charge < -0.3 is 9.47 Å². The van der Waals surface area contributed by atoms with Crippen LogP contribution < -0.4 is 4.74 Å². The molecule has 138 valence electrons. The Bertz CT molecular complexity index is 514. The Balaban J connectivity index is 2.22. The van der Waals surface area contributed by atoms with Gasteiger partial charge in [0, 0.05) is 6.61 Å². The molecule has 1 aromatic rings. The fraction of sp³-hybridized carbons (Fsp3) is 0.591. The van der Waals surface area contributed by atoms with Gasteiger partial charge >= 0.3 is 0 Å². The third kappa shape index (κ3) is 10.6. The maximum Gasteiger partial charge on any atom is 0.119 e. The van der Waals surface area contributed by atoms with Gasteiger partial charge in [0.25, 0.3) is 0 Å². The summed E-state index contributed by atoms with van der Waals surface area (Å²) in [4.78, 5) is 0. The summed E-state index contributed by atoms with van der Waals surface area (Å²) in [5.41, 5.74) is 1.63. The van der Waals surface area contributed by atoms with Gasteiger partial charge in [0.05, 0.1) is 24.9 Å². The average molecular weight is 344 g/mol. The Labute approximate surface area is 153 Å². The van der Waals surface area contributed by atoms with Crippen LogP contribution in [0.2, 0.25) is 0 Å². The van der Waals surface area contributed by atoms with Crippen molar-refractivity contribution in [1.82, 2.24) is 0 Å². The van der Waals surface area contributed by atoms with E-state index >= 15 is 0 Å². The van der Waals surface area contributed by atoms with Crippen molar-refractivity contribution in [1.29, 1.82) is 5.26 Å². The lowest BCUT2D eigenvalue weighted by atomic mass is 10.1. The van der Waals surface area contributed by atoms with Gasteiger partial charge in [-0.1, -0.05) is 64.0 Å². The highest BCUT2D eigenvalue weighted by atomic mass is 16.5. The van der Waals surface area contributed by atoms with Gasteiger partial charge in [0.15, 0.2) is 0 Å². The molecule has 0 saturated carbocycles. The predicted molar refractivity (Wildman–Crippen MR) is 105 cm³/mol. The van der Waals surface area contributed by atoms with E-state index in [1.54, 1.807) is 0 Å². The number of nitriles is 1. The van der Waals surface area contributed by atoms with Crippen molar-refractivity contribution in [3.8, 4) is 11.8 Å². The van der Waals surface area contributed by atoms with Gasteiger partial charge in [-0.3, -0.25) is 0 Å². The smallest absolute Gasteiger partial charge is 0.119 e. The molecule has 0 aromatic heterocycles. The van der Waals surface area contributed by atoms with Crippen LogP contribution in [0.5, 0.6) is 5.75 Å². The number of hydrogen-bond donors (Lipinski definition) is 0. The van der Waals surface area contributed by atoms with Crippen molar-refractivity contribution in [2.75, 3.05) is 19.8 Å². The van der Waals surface area contributed by atoms with Crippen molar-refractivity contribution in [2.45, 2.75) is 65.2 Å². The van der Waals surface area contributed by atoms with Crippen molar-refractivity contribution < 1.29 is 9.47 Å². The Hall–Kier alpha value is -1.79. The van der Waals surface area contributed by atoms with Crippen molar-refractivity contribution >= 4 is 6.08 Å². The molecule has 0 heterocycles. The van der Waals surface area contributed by atoms with E-state index in [4.69, 9.17) is 14.7 Å². The molecule has 1 aromatic carbocycles. The molecule has 0 spiro atoms. The lowest BCUT2D eigenvalue weighted by Crippen LogP contribution is -1.97. The SMILES string of the molecule is CCCCCCCCCCOc1ccc(C=C(C#N)COCC)cc1. The lowest BCUT2D eigenvalue weighted by molar-refractivity contribution is 0.174. The van der Waals surface area contributed by atoms with E-state index in [0.717, 1.165) is 24.3 Å². The standard InChI is InChI=1S/C22H33NO2/c1-3-5-6-7-8-9-10-11-16-25-22-14-12-20(13-15-22)17-21(18-23)19-24-4-2/h12-15,17H,3-11,16,19H2,1-2H3. The number of benzene rings is 1. The molecule has 0 N–H and O–H groups in total. The molecule has 0 atom stereocenters. The Morgan fingerprint density at radius 3 is 2.20 bits per heavy atom. The largest absolute Gasteiger partial charge is 0.494 e. The summed E-state index contributed by atoms with van der Waals surface area (Å²) < 4.78 is 11.1. The zero-order chi connectivity index (χ0) is 18.2. The second kappa shape index (κ2) is 14.5. The molecule has 3 nitrogen and oxygen atoms in total. The van der Waals surface area contributed by atoms with Gasteiger partial charge in [-0.2, -0.15) is 5.26 Å². The average Bonchev–Trinajstić information content (AvgIpc) is 2.65. The fourth-order valence-corrected chi connectivity index (χ4v) is 2.61. The fourth-order valence-electron chi connectivity index (χ4n) is 2.61. The van der Waals surface area contributed by atoms with Crippen molar-refractivity contribution in [3.63, 3.8) is 0 Å². The molecule has 1 rings (SSSR count). The first kappa shape index (κ1) is 21.3. The molecule has 0 saturated heterocycles. The maximum atomic E-state index is 9.09. The lowest BCUT2D eigenvalue weighted by Gasteiger charge is -2.07. The molecular weight excluding hydrogens is 310 g/mol. The first-order valence-electron chi connectivity index (χ1n) is 9.71. The van der Waals surface area contributed by atoms with Crippen LogP contribution in [0, 0.1) is 11.3 Å². The Morgan fingerprint density at radius 2 is 1.60 bits per heavy atom. The quantitative estimate of drug-likeness (QED) is 0.300. The molecule has 0 bridgehead atoms. The highest BCUT2D eigenvalue weighted by molar-refractivity contribution is 5.57. The number of unbranched alkanes of at least 4 members (excludes halogenated alkanes) is 7. The first-order valence-corrected chi connectivity index (χ1v) is 9.71. The van der Waals surface area contributed by atoms with Crippen LogP contribution >= 0.6 is 0 Å². The molecule has 0 radical (unpaired) electrons. The monoisotopic (exact) mass is 343 g/mol. The van der Waals surface area contributed by atoms with Crippen molar-refractivity contribution in [2.24, 2.45) is 0 Å². The number of rotatable bonds is 14. The van der Waals surface area contributed by atoms with E-state index in [1.165, 1.54) is 44.9 Å². The van der Waals surface area contributed by atoms with Gasteiger partial charge in [0.2, 0.25) is 0 Å². The minimum Gasteiger partial charge on any atom is -0.494 e. The molecule has 0 aliphatic rings. The third-order valence-electron chi connectivity index (χ3n) is 4.09. The zero-order valence-electron chi connectivity index (χ0n) is 15.9. The van der Waals surface area contributed by atoms with Crippen LogP contribution in [0.1, 0.15) is 70.8 Å². The molecule has 0 unspecified atom stereocenters. The summed E-state index contributed by atoms with van der Waals surface area (Å²) >= 11 is 0. The van der Waals surface area contributed by atoms with Gasteiger partial charge in [-0.05, 0) is 37.1 Å². The molecule has 3 heteroatoms. The van der Waals surface area contributed by atoms with Gasteiger partial charge in [0.1, 0.15) is 5.75 Å². The normalized spacial score (nSPS) is 11.3. The number of nitrogens with zero attached hydrogens (tertiary/aromatic N) is 1. The van der Waals surface area contributed by atoms with Crippen molar-refractivity contribution in [3.05, 3.63) is 35.4 Å². The minimum absolute atomic E-state index is 0.365. The van der Waals surface area contributed by atoms with E-state index < -0.39 is 0 Å². The molecule has 0 fully saturated rings. The number of hydrogen-bond acceptors (Lipinski definition) is 3. The predicted octanol–water partition coefficient (Wildman–Crippen LogP) is 6.15. The first-order chi connectivity index (χ1) is 12.3. The topological polar surface area (TPSA) is 42.2 Å². The third-order valence-corrected chi connectivity index (χ3v) is 4.09. The van der Waals surface area contributed by atoms with E-state index in [-0.39, 0.29) is 0 Å². The Morgan fingerprint density at radius 1 is 0.960 bits per heavy atom. The second-order valence-corrected chi connectivity index (χ2v) is 6.31. The molecule has 25 heavy (non-hydrogen) atoms. The van der Waals surface area contributed by atoms with E-state index in [1.807, 2.05) is 37.3 Å². The highest BCUT2D eigenvalue weighted by Gasteiger charge is 1.98. The summed E-state index contributed by atoms with van der Waals surface area (Å²) in [7, 11) is 0. The molecule has 0 amide bonds. The summed E-state index contributed by atoms with van der Waals surface area (Å²) in [5.74, 6) is 0.892. The second-order valence-electron chi connectivity index (χ2n) is 6.31. The minimum atomic E-state index is 0.365. The molecule has 0 aliphatic heterocycles. The van der Waals surface area contributed by atoms with E-state index in [2.05, 4.69) is 13.0 Å². The summed E-state index contributed by atoms with van der Waals surface area (Å²) in [5, 5.41) is 9.09. The van der Waals surface area contributed by atoms with Crippen LogP contribution in [0.3, 0.4) is 0 Å².